The quantitative estimate of drug-likeness (QED) is 0.416. The van der Waals surface area contributed by atoms with Gasteiger partial charge in [0.2, 0.25) is 5.88 Å². The summed E-state index contributed by atoms with van der Waals surface area (Å²) in [6.45, 7) is 3.88. The zero-order chi connectivity index (χ0) is 23.5. The monoisotopic (exact) mass is 452 g/mol. The first-order chi connectivity index (χ1) is 16.5. The summed E-state index contributed by atoms with van der Waals surface area (Å²) in [6, 6.07) is 20.0. The largest absolute Gasteiger partial charge is 0.439 e. The molecular weight excluding hydrogens is 432 g/mol. The molecule has 0 bridgehead atoms. The van der Waals surface area contributed by atoms with Gasteiger partial charge in [-0.05, 0) is 56.3 Å². The Bertz CT molecular complexity index is 1440. The van der Waals surface area contributed by atoms with Gasteiger partial charge in [-0.1, -0.05) is 18.2 Å². The van der Waals surface area contributed by atoms with Crippen molar-refractivity contribution in [3.05, 3.63) is 96.3 Å². The Morgan fingerprint density at radius 3 is 2.47 bits per heavy atom. The van der Waals surface area contributed by atoms with Crippen LogP contribution in [0.15, 0.2) is 79.3 Å². The molecule has 1 amide bonds. The van der Waals surface area contributed by atoms with E-state index in [4.69, 9.17) is 4.74 Å². The summed E-state index contributed by atoms with van der Waals surface area (Å²) in [4.78, 5) is 22.4. The van der Waals surface area contributed by atoms with E-state index >= 15 is 0 Å². The third-order valence-electron chi connectivity index (χ3n) is 4.90. The maximum absolute atomic E-state index is 12.6. The van der Waals surface area contributed by atoms with Crippen LogP contribution in [0.5, 0.6) is 11.6 Å². The second-order valence-corrected chi connectivity index (χ2v) is 7.49. The number of ether oxygens (including phenoxy) is 1. The summed E-state index contributed by atoms with van der Waals surface area (Å²) in [5.41, 5.74) is 3.44. The van der Waals surface area contributed by atoms with Crippen LogP contribution in [-0.2, 0) is 0 Å². The maximum atomic E-state index is 12.6. The predicted molar refractivity (Wildman–Crippen MR) is 124 cm³/mol. The van der Waals surface area contributed by atoms with Crippen molar-refractivity contribution in [3.63, 3.8) is 0 Å². The van der Waals surface area contributed by atoms with E-state index in [1.807, 2.05) is 50.2 Å². The highest BCUT2D eigenvalue weighted by molar-refractivity contribution is 6.02. The summed E-state index contributed by atoms with van der Waals surface area (Å²) >= 11 is 0. The number of carbonyl (C=O) groups excluding carboxylic acids is 1. The SMILES string of the molecule is Cc1cc(C)n(-c2cc(Oc3ccc(NC(=O)c4cnn(-c5ccccc5)n4)cc3)ncn2)n1. The van der Waals surface area contributed by atoms with Crippen LogP contribution in [0.25, 0.3) is 11.5 Å². The Morgan fingerprint density at radius 2 is 1.74 bits per heavy atom. The third kappa shape index (κ3) is 4.51. The smallest absolute Gasteiger partial charge is 0.277 e. The molecule has 0 saturated heterocycles. The molecule has 34 heavy (non-hydrogen) atoms. The lowest BCUT2D eigenvalue weighted by molar-refractivity contribution is 0.102. The van der Waals surface area contributed by atoms with Gasteiger partial charge in [-0.15, -0.1) is 5.10 Å². The predicted octanol–water partition coefficient (Wildman–Crippen LogP) is 3.90. The molecule has 0 aliphatic rings. The number of rotatable bonds is 6. The third-order valence-corrected chi connectivity index (χ3v) is 4.90. The number of aryl methyl sites for hydroxylation is 2. The topological polar surface area (TPSA) is 113 Å². The number of anilines is 1. The second kappa shape index (κ2) is 8.94. The van der Waals surface area contributed by atoms with Crippen molar-refractivity contribution in [1.29, 1.82) is 0 Å². The molecular formula is C24H20N8O2. The van der Waals surface area contributed by atoms with Crippen LogP contribution in [0.3, 0.4) is 0 Å². The minimum Gasteiger partial charge on any atom is -0.439 e. The molecule has 0 saturated carbocycles. The number of nitrogens with one attached hydrogen (secondary N) is 1. The second-order valence-electron chi connectivity index (χ2n) is 7.49. The van der Waals surface area contributed by atoms with Crippen LogP contribution in [0.2, 0.25) is 0 Å². The lowest BCUT2D eigenvalue weighted by Crippen LogP contribution is -2.13. The van der Waals surface area contributed by atoms with Gasteiger partial charge >= 0.3 is 0 Å². The molecule has 0 radical (unpaired) electrons. The molecule has 5 rings (SSSR count). The van der Waals surface area contributed by atoms with Crippen LogP contribution in [-0.4, -0.2) is 40.6 Å². The van der Waals surface area contributed by atoms with Crippen molar-refractivity contribution < 1.29 is 9.53 Å². The Morgan fingerprint density at radius 1 is 0.941 bits per heavy atom. The average Bonchev–Trinajstić information content (AvgIpc) is 3.48. The number of amides is 1. The zero-order valence-electron chi connectivity index (χ0n) is 18.5. The zero-order valence-corrected chi connectivity index (χ0v) is 18.5. The van der Waals surface area contributed by atoms with Crippen molar-refractivity contribution >= 4 is 11.6 Å². The van der Waals surface area contributed by atoms with E-state index in [1.54, 1.807) is 35.0 Å². The number of nitrogens with zero attached hydrogens (tertiary/aromatic N) is 7. The van der Waals surface area contributed by atoms with E-state index < -0.39 is 0 Å². The van der Waals surface area contributed by atoms with E-state index in [0.717, 1.165) is 17.1 Å². The van der Waals surface area contributed by atoms with Gasteiger partial charge in [-0.25, -0.2) is 14.6 Å². The number of aromatic nitrogens is 7. The molecule has 10 nitrogen and oxygen atoms in total. The number of carbonyl (C=O) groups is 1. The van der Waals surface area contributed by atoms with Crippen molar-refractivity contribution in [3.8, 4) is 23.1 Å². The molecule has 5 aromatic rings. The first kappa shape index (κ1) is 21.0. The van der Waals surface area contributed by atoms with Gasteiger partial charge in [-0.2, -0.15) is 15.0 Å². The van der Waals surface area contributed by atoms with Crippen LogP contribution in [0.4, 0.5) is 5.69 Å². The lowest BCUT2D eigenvalue weighted by Gasteiger charge is -2.08. The molecule has 0 aliphatic heterocycles. The highest BCUT2D eigenvalue weighted by atomic mass is 16.5. The highest BCUT2D eigenvalue weighted by Gasteiger charge is 2.12. The summed E-state index contributed by atoms with van der Waals surface area (Å²) in [5, 5.41) is 15.6. The highest BCUT2D eigenvalue weighted by Crippen LogP contribution is 2.23. The standard InChI is InChI=1S/C24H20N8O2/c1-16-12-17(2)31(29-16)22-13-23(26-15-25-22)34-20-10-8-18(9-11-20)28-24(33)21-14-27-32(30-21)19-6-4-3-5-7-19/h3-15H,1-2H3,(H,28,33). The molecule has 3 heterocycles. The van der Waals surface area contributed by atoms with E-state index in [2.05, 4.69) is 30.6 Å². The van der Waals surface area contributed by atoms with Gasteiger partial charge in [-0.3, -0.25) is 4.79 Å². The molecule has 168 valence electrons. The Kier molecular flexibility index (Phi) is 5.53. The van der Waals surface area contributed by atoms with Gasteiger partial charge < -0.3 is 10.1 Å². The lowest BCUT2D eigenvalue weighted by atomic mass is 10.3. The first-order valence-electron chi connectivity index (χ1n) is 10.5. The van der Waals surface area contributed by atoms with Crippen molar-refractivity contribution in [2.24, 2.45) is 0 Å². The van der Waals surface area contributed by atoms with Gasteiger partial charge in [0.25, 0.3) is 5.91 Å². The van der Waals surface area contributed by atoms with Crippen molar-refractivity contribution in [2.45, 2.75) is 13.8 Å². The van der Waals surface area contributed by atoms with Crippen LogP contribution in [0, 0.1) is 13.8 Å². The van der Waals surface area contributed by atoms with Gasteiger partial charge in [0.05, 0.1) is 17.6 Å². The first-order valence-corrected chi connectivity index (χ1v) is 10.5. The molecule has 3 aromatic heterocycles. The van der Waals surface area contributed by atoms with Gasteiger partial charge in [0, 0.05) is 17.4 Å². The molecule has 0 fully saturated rings. The Labute approximate surface area is 194 Å². The average molecular weight is 452 g/mol. The van der Waals surface area contributed by atoms with E-state index in [1.165, 1.54) is 17.3 Å². The number of para-hydroxylation sites is 1. The Balaban J connectivity index is 1.25. The summed E-state index contributed by atoms with van der Waals surface area (Å²) in [5.74, 6) is 1.20. The summed E-state index contributed by atoms with van der Waals surface area (Å²) in [7, 11) is 0. The minimum absolute atomic E-state index is 0.210. The fourth-order valence-corrected chi connectivity index (χ4v) is 3.34. The van der Waals surface area contributed by atoms with E-state index in [-0.39, 0.29) is 11.6 Å². The van der Waals surface area contributed by atoms with Crippen LogP contribution < -0.4 is 10.1 Å². The van der Waals surface area contributed by atoms with Crippen LogP contribution >= 0.6 is 0 Å². The normalized spacial score (nSPS) is 10.8. The molecule has 0 atom stereocenters. The molecule has 10 heteroatoms. The van der Waals surface area contributed by atoms with Crippen molar-refractivity contribution in [1.82, 2.24) is 34.7 Å². The fraction of sp³-hybridized carbons (Fsp3) is 0.0833. The number of hydrogen-bond donors (Lipinski definition) is 1. The molecule has 0 spiro atoms. The Hall–Kier alpha value is -4.86. The minimum atomic E-state index is -0.360. The van der Waals surface area contributed by atoms with Crippen LogP contribution in [0.1, 0.15) is 21.9 Å². The van der Waals surface area contributed by atoms with Gasteiger partial charge in [0.15, 0.2) is 11.5 Å². The summed E-state index contributed by atoms with van der Waals surface area (Å²) < 4.78 is 7.59. The molecule has 1 N–H and O–H groups in total. The molecule has 0 aliphatic carbocycles. The van der Waals surface area contributed by atoms with Crippen molar-refractivity contribution in [2.75, 3.05) is 5.32 Å². The fourth-order valence-electron chi connectivity index (χ4n) is 3.34. The number of benzene rings is 2. The molecule has 0 unspecified atom stereocenters. The van der Waals surface area contributed by atoms with E-state index in [9.17, 15) is 4.79 Å². The number of hydrogen-bond acceptors (Lipinski definition) is 7. The van der Waals surface area contributed by atoms with Gasteiger partial charge in [0.1, 0.15) is 12.1 Å². The molecule has 2 aromatic carbocycles. The maximum Gasteiger partial charge on any atom is 0.277 e. The van der Waals surface area contributed by atoms with E-state index in [0.29, 0.717) is 23.1 Å². The summed E-state index contributed by atoms with van der Waals surface area (Å²) in [6.07, 6.45) is 2.85.